The number of nitrogens with zero attached hydrogens (tertiary/aromatic N) is 3. The molecular weight excluding hydrogens is 404 g/mol. The van der Waals surface area contributed by atoms with Crippen LogP contribution in [0.25, 0.3) is 33.7 Å². The Morgan fingerprint density at radius 3 is 1.96 bits per heavy atom. The maximum absolute atomic E-state index is 5.02. The molecule has 4 aromatic rings. The topological polar surface area (TPSA) is 38.7 Å². The zero-order valence-corrected chi connectivity index (χ0v) is 18.3. The summed E-state index contributed by atoms with van der Waals surface area (Å²) in [7, 11) is 10.9. The van der Waals surface area contributed by atoms with E-state index in [9.17, 15) is 0 Å². The van der Waals surface area contributed by atoms with Crippen LogP contribution in [0.4, 0.5) is 0 Å². The van der Waals surface area contributed by atoms with Crippen LogP contribution < -0.4 is 27.3 Å². The van der Waals surface area contributed by atoms with Gasteiger partial charge in [0.2, 0.25) is 0 Å². The minimum absolute atomic E-state index is 0.720. The third-order valence-corrected chi connectivity index (χ3v) is 6.32. The van der Waals surface area contributed by atoms with Crippen molar-refractivity contribution in [3.05, 3.63) is 47.1 Å². The lowest BCUT2D eigenvalue weighted by Crippen LogP contribution is -2.55. The molecule has 0 N–H and O–H groups in total. The predicted octanol–water partition coefficient (Wildman–Crippen LogP) is -3.59. The van der Waals surface area contributed by atoms with E-state index in [0.717, 1.165) is 32.6 Å². The van der Waals surface area contributed by atoms with Gasteiger partial charge in [-0.3, -0.25) is 4.98 Å². The maximum atomic E-state index is 5.02. The highest BCUT2D eigenvalue weighted by Crippen LogP contribution is 2.26. The molecule has 0 aliphatic carbocycles. The smallest absolute Gasteiger partial charge is 0.160 e. The van der Waals surface area contributed by atoms with Crippen molar-refractivity contribution in [1.29, 1.82) is 0 Å². The molecular formula is C19H17B5BrN3. The van der Waals surface area contributed by atoms with Crippen LogP contribution >= 0.6 is 15.9 Å². The second kappa shape index (κ2) is 7.28. The van der Waals surface area contributed by atoms with Gasteiger partial charge in [0, 0.05) is 16.2 Å². The van der Waals surface area contributed by atoms with Gasteiger partial charge in [-0.1, -0.05) is 39.0 Å². The summed E-state index contributed by atoms with van der Waals surface area (Å²) in [4.78, 5) is 14.4. The fourth-order valence-corrected chi connectivity index (χ4v) is 3.99. The van der Waals surface area contributed by atoms with Crippen molar-refractivity contribution < 1.29 is 0 Å². The fourth-order valence-electron chi connectivity index (χ4n) is 3.73. The molecule has 0 radical (unpaired) electrons. The van der Waals surface area contributed by atoms with E-state index < -0.39 is 0 Å². The number of hydrogen-bond acceptors (Lipinski definition) is 3. The SMILES string of the molecule is Bc1c(B)c(B)c(-c2nc(-c3ccc(Br)cc3)nc3cccnc23)c(B)c1B. The second-order valence-corrected chi connectivity index (χ2v) is 8.19. The number of halogens is 1. The van der Waals surface area contributed by atoms with E-state index >= 15 is 0 Å². The average Bonchev–Trinajstić information content (AvgIpc) is 2.71. The van der Waals surface area contributed by atoms with Gasteiger partial charge in [0.15, 0.2) is 5.82 Å². The highest BCUT2D eigenvalue weighted by atomic mass is 79.9. The molecule has 130 valence electrons. The zero-order valence-electron chi connectivity index (χ0n) is 16.8. The van der Waals surface area contributed by atoms with Crippen molar-refractivity contribution in [3.8, 4) is 22.6 Å². The lowest BCUT2D eigenvalue weighted by Gasteiger charge is -2.20. The number of pyridine rings is 1. The number of hydrogen-bond donors (Lipinski definition) is 0. The van der Waals surface area contributed by atoms with Gasteiger partial charge in [0.1, 0.15) is 44.7 Å². The molecule has 0 amide bonds. The second-order valence-electron chi connectivity index (χ2n) is 7.27. The molecule has 0 atom stereocenters. The van der Waals surface area contributed by atoms with Gasteiger partial charge >= 0.3 is 0 Å². The molecule has 2 heterocycles. The first kappa shape index (κ1) is 19.1. The van der Waals surface area contributed by atoms with E-state index in [2.05, 4.69) is 60.1 Å². The van der Waals surface area contributed by atoms with Crippen LogP contribution in [0.15, 0.2) is 47.1 Å². The van der Waals surface area contributed by atoms with Crippen LogP contribution in [-0.2, 0) is 0 Å². The van der Waals surface area contributed by atoms with Crippen molar-refractivity contribution in [2.75, 3.05) is 0 Å². The van der Waals surface area contributed by atoms with Crippen LogP contribution in [0.2, 0.25) is 0 Å². The van der Waals surface area contributed by atoms with Gasteiger partial charge < -0.3 is 0 Å². The first-order valence-corrected chi connectivity index (χ1v) is 10.1. The van der Waals surface area contributed by atoms with E-state index in [1.165, 1.54) is 32.9 Å². The largest absolute Gasteiger partial charge is 0.252 e. The van der Waals surface area contributed by atoms with Crippen LogP contribution in [0.5, 0.6) is 0 Å². The monoisotopic (exact) mass is 421 g/mol. The Labute approximate surface area is 178 Å². The molecule has 0 saturated heterocycles. The molecule has 2 aromatic carbocycles. The third-order valence-electron chi connectivity index (χ3n) is 5.79. The summed E-state index contributed by atoms with van der Waals surface area (Å²) in [6, 6.07) is 12.0. The highest BCUT2D eigenvalue weighted by Gasteiger charge is 2.18. The van der Waals surface area contributed by atoms with Gasteiger partial charge in [-0.05, 0) is 29.8 Å². The first-order chi connectivity index (χ1) is 13.4. The van der Waals surface area contributed by atoms with Crippen molar-refractivity contribution in [1.82, 2.24) is 15.0 Å². The Bertz CT molecular complexity index is 1200. The summed E-state index contributed by atoms with van der Waals surface area (Å²) >= 11 is 3.50. The van der Waals surface area contributed by atoms with E-state index in [1.807, 2.05) is 42.6 Å². The summed E-state index contributed by atoms with van der Waals surface area (Å²) in [5, 5.41) is 0. The molecule has 0 saturated carbocycles. The number of rotatable bonds is 2. The Morgan fingerprint density at radius 2 is 1.32 bits per heavy atom. The molecule has 0 bridgehead atoms. The van der Waals surface area contributed by atoms with Gasteiger partial charge in [-0.2, -0.15) is 0 Å². The normalized spacial score (nSPS) is 11.0. The van der Waals surface area contributed by atoms with Crippen LogP contribution in [0.3, 0.4) is 0 Å². The number of fused-ring (bicyclic) bond motifs is 1. The summed E-state index contributed by atoms with van der Waals surface area (Å²) < 4.78 is 1.04. The zero-order chi connectivity index (χ0) is 20.0. The third kappa shape index (κ3) is 3.12. The lowest BCUT2D eigenvalue weighted by molar-refractivity contribution is 1.21. The summed E-state index contributed by atoms with van der Waals surface area (Å²) in [5.41, 5.74) is 11.3. The summed E-state index contributed by atoms with van der Waals surface area (Å²) in [5.74, 6) is 0.720. The minimum atomic E-state index is 0.720. The van der Waals surface area contributed by atoms with Crippen molar-refractivity contribution in [2.45, 2.75) is 0 Å². The quantitative estimate of drug-likeness (QED) is 0.315. The van der Waals surface area contributed by atoms with Gasteiger partial charge in [-0.15, -0.1) is 16.4 Å². The van der Waals surface area contributed by atoms with E-state index in [0.29, 0.717) is 0 Å². The molecule has 9 heteroatoms. The van der Waals surface area contributed by atoms with E-state index in [1.54, 1.807) is 0 Å². The van der Waals surface area contributed by atoms with Crippen molar-refractivity contribution in [3.63, 3.8) is 0 Å². The first-order valence-electron chi connectivity index (χ1n) is 9.34. The Morgan fingerprint density at radius 1 is 0.714 bits per heavy atom. The Kier molecular flexibility index (Phi) is 4.96. The summed E-state index contributed by atoms with van der Waals surface area (Å²) in [6.45, 7) is 0. The van der Waals surface area contributed by atoms with E-state index in [-0.39, 0.29) is 0 Å². The predicted molar refractivity (Wildman–Crippen MR) is 137 cm³/mol. The van der Waals surface area contributed by atoms with Gasteiger partial charge in [-0.25, -0.2) is 9.97 Å². The molecule has 0 aliphatic rings. The standard InChI is InChI=1S/C19H17B5BrN3/c20-12-11(13(21)15(23)16(24)14(12)22)18-17-10(2-1-7-26-17)27-19(28-18)8-3-5-9(25)6-4-8/h1-7H,20-24H2. The maximum Gasteiger partial charge on any atom is 0.160 e. The molecule has 3 nitrogen and oxygen atoms in total. The van der Waals surface area contributed by atoms with Crippen LogP contribution in [-0.4, -0.2) is 54.2 Å². The van der Waals surface area contributed by atoms with Crippen LogP contribution in [0.1, 0.15) is 0 Å². The van der Waals surface area contributed by atoms with Crippen molar-refractivity contribution in [2.24, 2.45) is 0 Å². The molecule has 0 unspecified atom stereocenters. The minimum Gasteiger partial charge on any atom is -0.252 e. The summed E-state index contributed by atoms with van der Waals surface area (Å²) in [6.07, 6.45) is 1.81. The number of benzene rings is 2. The number of aromatic nitrogens is 3. The van der Waals surface area contributed by atoms with Crippen molar-refractivity contribution >= 4 is 93.5 Å². The average molecular weight is 421 g/mol. The molecule has 2 aromatic heterocycles. The Balaban J connectivity index is 2.09. The lowest BCUT2D eigenvalue weighted by atomic mass is 9.60. The molecule has 0 aliphatic heterocycles. The Hall–Kier alpha value is -2.27. The molecule has 4 rings (SSSR count). The molecule has 0 spiro atoms. The van der Waals surface area contributed by atoms with Crippen LogP contribution in [0, 0.1) is 0 Å². The molecule has 28 heavy (non-hydrogen) atoms. The highest BCUT2D eigenvalue weighted by molar-refractivity contribution is 9.10. The van der Waals surface area contributed by atoms with E-state index in [4.69, 9.17) is 9.97 Å². The molecule has 0 fully saturated rings. The van der Waals surface area contributed by atoms with Gasteiger partial charge in [0.25, 0.3) is 0 Å². The van der Waals surface area contributed by atoms with Gasteiger partial charge in [0.05, 0.1) is 11.2 Å². The fraction of sp³-hybridized carbons (Fsp3) is 0.